The van der Waals surface area contributed by atoms with E-state index in [0.717, 1.165) is 5.56 Å². The molecule has 0 atom stereocenters. The maximum atomic E-state index is 12.1. The second kappa shape index (κ2) is 8.25. The minimum absolute atomic E-state index is 0.0993. The lowest BCUT2D eigenvalue weighted by Gasteiger charge is -2.11. The highest BCUT2D eigenvalue weighted by atomic mass is 16.3. The normalized spacial score (nSPS) is 11.4. The number of amides is 2. The zero-order valence-electron chi connectivity index (χ0n) is 16.4. The van der Waals surface area contributed by atoms with Crippen LogP contribution in [0.2, 0.25) is 0 Å². The van der Waals surface area contributed by atoms with Crippen LogP contribution in [0.1, 0.15) is 38.6 Å². The van der Waals surface area contributed by atoms with Gasteiger partial charge in [-0.1, -0.05) is 51.1 Å². The van der Waals surface area contributed by atoms with E-state index in [4.69, 9.17) is 4.42 Å². The number of oxazole rings is 1. The number of carbonyl (C=O) groups is 2. The molecule has 2 N–H and O–H groups in total. The lowest BCUT2D eigenvalue weighted by atomic mass is 9.97. The Hall–Kier alpha value is -3.15. The van der Waals surface area contributed by atoms with Crippen LogP contribution in [0, 0.1) is 0 Å². The molecule has 0 saturated heterocycles. The number of aromatic nitrogens is 1. The van der Waals surface area contributed by atoms with E-state index in [1.807, 2.05) is 51.1 Å². The van der Waals surface area contributed by atoms with E-state index in [2.05, 4.69) is 15.6 Å². The quantitative estimate of drug-likeness (QED) is 0.682. The lowest BCUT2D eigenvalue weighted by molar-refractivity contribution is -0.120. The van der Waals surface area contributed by atoms with Crippen LogP contribution in [0.25, 0.3) is 11.1 Å². The Morgan fingerprint density at radius 2 is 1.79 bits per heavy atom. The van der Waals surface area contributed by atoms with Crippen molar-refractivity contribution in [2.24, 2.45) is 0 Å². The summed E-state index contributed by atoms with van der Waals surface area (Å²) < 4.78 is 5.76. The summed E-state index contributed by atoms with van der Waals surface area (Å²) in [6.07, 6.45) is 0.506. The number of rotatable bonds is 6. The van der Waals surface area contributed by atoms with E-state index in [9.17, 15) is 9.59 Å². The zero-order chi connectivity index (χ0) is 20.1. The smallest absolute Gasteiger partial charge is 0.226 e. The summed E-state index contributed by atoms with van der Waals surface area (Å²) in [6.45, 7) is 6.39. The predicted molar refractivity (Wildman–Crippen MR) is 109 cm³/mol. The number of hydrogen-bond acceptors (Lipinski definition) is 4. The third-order valence-corrected chi connectivity index (χ3v) is 4.19. The van der Waals surface area contributed by atoms with Crippen LogP contribution in [0.5, 0.6) is 0 Å². The molecule has 0 aliphatic rings. The van der Waals surface area contributed by atoms with Gasteiger partial charge in [0.2, 0.25) is 17.7 Å². The van der Waals surface area contributed by atoms with E-state index < -0.39 is 0 Å². The van der Waals surface area contributed by atoms with Crippen LogP contribution in [0.4, 0.5) is 5.69 Å². The van der Waals surface area contributed by atoms with E-state index in [1.54, 1.807) is 18.2 Å². The van der Waals surface area contributed by atoms with Crippen molar-refractivity contribution in [1.82, 2.24) is 10.3 Å². The summed E-state index contributed by atoms with van der Waals surface area (Å²) in [4.78, 5) is 28.6. The third kappa shape index (κ3) is 5.19. The van der Waals surface area contributed by atoms with Crippen LogP contribution in [0.15, 0.2) is 52.9 Å². The molecule has 2 aromatic carbocycles. The Balaban J connectivity index is 1.50. The largest absolute Gasteiger partial charge is 0.440 e. The molecule has 1 heterocycles. The molecule has 0 unspecified atom stereocenters. The van der Waals surface area contributed by atoms with Crippen LogP contribution in [-0.2, 0) is 21.4 Å². The molecule has 3 rings (SSSR count). The first-order valence-corrected chi connectivity index (χ1v) is 9.33. The van der Waals surface area contributed by atoms with E-state index in [0.29, 0.717) is 29.1 Å². The molecule has 6 nitrogen and oxygen atoms in total. The molecular formula is C22H25N3O3. The summed E-state index contributed by atoms with van der Waals surface area (Å²) in [5, 5.41) is 5.60. The fraction of sp³-hybridized carbons (Fsp3) is 0.318. The van der Waals surface area contributed by atoms with Gasteiger partial charge in [0.1, 0.15) is 5.52 Å². The van der Waals surface area contributed by atoms with E-state index in [1.165, 1.54) is 0 Å². The van der Waals surface area contributed by atoms with Gasteiger partial charge in [0, 0.05) is 24.1 Å². The van der Waals surface area contributed by atoms with Crippen LogP contribution >= 0.6 is 0 Å². The lowest BCUT2D eigenvalue weighted by Crippen LogP contribution is -2.28. The van der Waals surface area contributed by atoms with Gasteiger partial charge in [-0.05, 0) is 23.8 Å². The van der Waals surface area contributed by atoms with Gasteiger partial charge in [0.05, 0.1) is 6.42 Å². The highest BCUT2D eigenvalue weighted by molar-refractivity contribution is 5.93. The SMILES string of the molecule is CC(C)(C)c1nc2cc(NC(=O)CCNC(=O)Cc3ccccc3)ccc2o1. The molecule has 0 saturated carbocycles. The first kappa shape index (κ1) is 19.6. The van der Waals surface area contributed by atoms with Crippen molar-refractivity contribution in [2.75, 3.05) is 11.9 Å². The molecule has 0 aliphatic heterocycles. The summed E-state index contributed by atoms with van der Waals surface area (Å²) >= 11 is 0. The highest BCUT2D eigenvalue weighted by Gasteiger charge is 2.21. The average Bonchev–Trinajstić information content (AvgIpc) is 3.06. The zero-order valence-corrected chi connectivity index (χ0v) is 16.4. The molecule has 146 valence electrons. The molecule has 2 amide bonds. The van der Waals surface area contributed by atoms with Gasteiger partial charge in [-0.2, -0.15) is 0 Å². The summed E-state index contributed by atoms with van der Waals surface area (Å²) in [7, 11) is 0. The second-order valence-electron chi connectivity index (χ2n) is 7.76. The average molecular weight is 379 g/mol. The van der Waals surface area contributed by atoms with Gasteiger partial charge in [-0.25, -0.2) is 4.98 Å². The Bertz CT molecular complexity index is 972. The summed E-state index contributed by atoms with van der Waals surface area (Å²) in [6, 6.07) is 14.9. The van der Waals surface area contributed by atoms with E-state index in [-0.39, 0.29) is 30.2 Å². The second-order valence-corrected chi connectivity index (χ2v) is 7.76. The number of benzene rings is 2. The number of nitrogens with one attached hydrogen (secondary N) is 2. The predicted octanol–water partition coefficient (Wildman–Crippen LogP) is 3.81. The number of fused-ring (bicyclic) bond motifs is 1. The Kier molecular flexibility index (Phi) is 5.78. The van der Waals surface area contributed by atoms with Gasteiger partial charge in [0.15, 0.2) is 5.58 Å². The van der Waals surface area contributed by atoms with Crippen molar-refractivity contribution < 1.29 is 14.0 Å². The fourth-order valence-electron chi connectivity index (χ4n) is 2.71. The number of anilines is 1. The van der Waals surface area contributed by atoms with Crippen molar-refractivity contribution >= 4 is 28.6 Å². The molecule has 3 aromatic rings. The molecule has 0 aliphatic carbocycles. The van der Waals surface area contributed by atoms with Crippen molar-refractivity contribution in [3.8, 4) is 0 Å². The van der Waals surface area contributed by atoms with Gasteiger partial charge in [-0.15, -0.1) is 0 Å². The molecule has 1 aromatic heterocycles. The maximum Gasteiger partial charge on any atom is 0.226 e. The molecule has 0 bridgehead atoms. The highest BCUT2D eigenvalue weighted by Crippen LogP contribution is 2.27. The molecule has 6 heteroatoms. The van der Waals surface area contributed by atoms with E-state index >= 15 is 0 Å². The van der Waals surface area contributed by atoms with Crippen molar-refractivity contribution in [2.45, 2.75) is 39.0 Å². The van der Waals surface area contributed by atoms with Crippen molar-refractivity contribution in [3.05, 3.63) is 60.0 Å². The standard InChI is InChI=1S/C22H25N3O3/c1-22(2,3)21-25-17-14-16(9-10-18(17)28-21)24-19(26)11-12-23-20(27)13-15-7-5-4-6-8-15/h4-10,14H,11-13H2,1-3H3,(H,23,27)(H,24,26). The molecule has 0 fully saturated rings. The fourth-order valence-corrected chi connectivity index (χ4v) is 2.71. The van der Waals surface area contributed by atoms with Crippen molar-refractivity contribution in [1.29, 1.82) is 0 Å². The third-order valence-electron chi connectivity index (χ3n) is 4.19. The van der Waals surface area contributed by atoms with Gasteiger partial charge < -0.3 is 15.1 Å². The summed E-state index contributed by atoms with van der Waals surface area (Å²) in [5.74, 6) is 0.392. The maximum absolute atomic E-state index is 12.1. The number of carbonyl (C=O) groups excluding carboxylic acids is 2. The van der Waals surface area contributed by atoms with Crippen molar-refractivity contribution in [3.63, 3.8) is 0 Å². The molecule has 0 radical (unpaired) electrons. The number of nitrogens with zero attached hydrogens (tertiary/aromatic N) is 1. The minimum atomic E-state index is -0.180. The van der Waals surface area contributed by atoms with Crippen LogP contribution in [-0.4, -0.2) is 23.3 Å². The van der Waals surface area contributed by atoms with Gasteiger partial charge in [0.25, 0.3) is 0 Å². The molecular weight excluding hydrogens is 354 g/mol. The topological polar surface area (TPSA) is 84.2 Å². The molecule has 28 heavy (non-hydrogen) atoms. The Labute approximate surface area is 164 Å². The first-order chi connectivity index (χ1) is 13.3. The Morgan fingerprint density at radius 1 is 1.04 bits per heavy atom. The number of hydrogen-bond donors (Lipinski definition) is 2. The first-order valence-electron chi connectivity index (χ1n) is 9.33. The minimum Gasteiger partial charge on any atom is -0.440 e. The van der Waals surface area contributed by atoms with Gasteiger partial charge >= 0.3 is 0 Å². The van der Waals surface area contributed by atoms with Crippen LogP contribution in [0.3, 0.4) is 0 Å². The van der Waals surface area contributed by atoms with Gasteiger partial charge in [-0.3, -0.25) is 9.59 Å². The Morgan fingerprint density at radius 3 is 2.50 bits per heavy atom. The monoisotopic (exact) mass is 379 g/mol. The summed E-state index contributed by atoms with van der Waals surface area (Å²) in [5.41, 5.74) is 2.82. The molecule has 0 spiro atoms. The van der Waals surface area contributed by atoms with Crippen LogP contribution < -0.4 is 10.6 Å².